The average molecular weight is 339 g/mol. The maximum Gasteiger partial charge on any atom is 0.314 e. The van der Waals surface area contributed by atoms with E-state index in [4.69, 9.17) is 0 Å². The molecule has 0 aliphatic carbocycles. The quantitative estimate of drug-likeness (QED) is 0.663. The summed E-state index contributed by atoms with van der Waals surface area (Å²) in [6.07, 6.45) is -2.92. The molecular formula is C10H6BrF3N2O3. The summed E-state index contributed by atoms with van der Waals surface area (Å²) in [6.45, 7) is 0. The molecule has 0 fully saturated rings. The highest BCUT2D eigenvalue weighted by atomic mass is 79.9. The van der Waals surface area contributed by atoms with Gasteiger partial charge in [0.1, 0.15) is 5.82 Å². The van der Waals surface area contributed by atoms with Crippen LogP contribution in [0.15, 0.2) is 22.6 Å². The minimum absolute atomic E-state index is 0.0393. The van der Waals surface area contributed by atoms with Crippen molar-refractivity contribution in [1.82, 2.24) is 10.2 Å². The Hall–Kier alpha value is -1.45. The fourth-order valence-electron chi connectivity index (χ4n) is 1.35. The van der Waals surface area contributed by atoms with E-state index in [2.05, 4.69) is 30.5 Å². The van der Waals surface area contributed by atoms with Crippen LogP contribution >= 0.6 is 15.9 Å². The summed E-state index contributed by atoms with van der Waals surface area (Å²) >= 11 is 2.46. The highest BCUT2D eigenvalue weighted by Gasteiger charge is 2.26. The Balaban J connectivity index is 2.39. The first-order valence-corrected chi connectivity index (χ1v) is 5.64. The molecule has 19 heavy (non-hydrogen) atoms. The molecule has 0 bridgehead atoms. The van der Waals surface area contributed by atoms with Crippen molar-refractivity contribution in [2.45, 2.75) is 11.1 Å². The molecule has 0 saturated heterocycles. The number of rotatable bonds is 3. The lowest BCUT2D eigenvalue weighted by molar-refractivity contribution is -0.0765. The number of aromatic nitrogens is 2. The van der Waals surface area contributed by atoms with Crippen LogP contribution in [0, 0.1) is 5.82 Å². The van der Waals surface area contributed by atoms with E-state index in [0.717, 1.165) is 12.1 Å². The molecular weight excluding hydrogens is 333 g/mol. The molecule has 2 rings (SSSR count). The number of alkyl halides is 3. The Labute approximate surface area is 112 Å². The highest BCUT2D eigenvalue weighted by molar-refractivity contribution is 9.09. The molecule has 0 saturated carbocycles. The molecule has 5 nitrogen and oxygen atoms in total. The standard InChI is InChI=1S/C10H6BrF3N2O3/c11-10(17,18)5-2-1-4(3-6(5)12)8-15-16-9(19-8)7(13)14/h1-3,7,17-18H. The topological polar surface area (TPSA) is 79.4 Å². The third-order valence-corrected chi connectivity index (χ3v) is 2.61. The molecule has 0 atom stereocenters. The highest BCUT2D eigenvalue weighted by Crippen LogP contribution is 2.30. The minimum atomic E-state index is -2.92. The normalized spacial score (nSPS) is 12.2. The zero-order valence-corrected chi connectivity index (χ0v) is 10.6. The van der Waals surface area contributed by atoms with Gasteiger partial charge in [-0.2, -0.15) is 8.78 Å². The van der Waals surface area contributed by atoms with E-state index in [9.17, 15) is 23.4 Å². The third-order valence-electron chi connectivity index (χ3n) is 2.19. The van der Waals surface area contributed by atoms with Gasteiger partial charge in [-0.3, -0.25) is 0 Å². The van der Waals surface area contributed by atoms with Gasteiger partial charge in [-0.15, -0.1) is 10.2 Å². The average Bonchev–Trinajstić information content (AvgIpc) is 2.76. The van der Waals surface area contributed by atoms with Crippen LogP contribution in [0.5, 0.6) is 0 Å². The molecule has 0 amide bonds. The van der Waals surface area contributed by atoms with Gasteiger partial charge in [0, 0.05) is 5.56 Å². The van der Waals surface area contributed by atoms with E-state index in [-0.39, 0.29) is 11.5 Å². The van der Waals surface area contributed by atoms with Gasteiger partial charge in [0.25, 0.3) is 10.6 Å². The lowest BCUT2D eigenvalue weighted by Crippen LogP contribution is -2.17. The molecule has 1 aromatic heterocycles. The fourth-order valence-corrected chi connectivity index (χ4v) is 1.67. The first-order chi connectivity index (χ1) is 8.79. The van der Waals surface area contributed by atoms with E-state index in [1.807, 2.05) is 0 Å². The summed E-state index contributed by atoms with van der Waals surface area (Å²) in [5.41, 5.74) is -0.401. The van der Waals surface area contributed by atoms with Crippen molar-refractivity contribution in [1.29, 1.82) is 0 Å². The van der Waals surface area contributed by atoms with Crippen molar-refractivity contribution in [3.63, 3.8) is 0 Å². The molecule has 0 aliphatic heterocycles. The summed E-state index contributed by atoms with van der Waals surface area (Å²) in [7, 11) is 0. The lowest BCUT2D eigenvalue weighted by atomic mass is 10.1. The van der Waals surface area contributed by atoms with Crippen LogP contribution < -0.4 is 0 Å². The summed E-state index contributed by atoms with van der Waals surface area (Å²) in [4.78, 5) is 0. The van der Waals surface area contributed by atoms with E-state index < -0.39 is 28.4 Å². The van der Waals surface area contributed by atoms with Crippen LogP contribution in [0.25, 0.3) is 11.5 Å². The van der Waals surface area contributed by atoms with Gasteiger partial charge < -0.3 is 14.6 Å². The van der Waals surface area contributed by atoms with Crippen LogP contribution in [0.2, 0.25) is 0 Å². The minimum Gasteiger partial charge on any atom is -0.415 e. The van der Waals surface area contributed by atoms with Crippen molar-refractivity contribution < 1.29 is 27.8 Å². The van der Waals surface area contributed by atoms with E-state index in [1.165, 1.54) is 6.07 Å². The number of hydrogen-bond donors (Lipinski definition) is 2. The molecule has 9 heteroatoms. The van der Waals surface area contributed by atoms with Crippen LogP contribution in [-0.4, -0.2) is 20.4 Å². The Bertz CT molecular complexity index is 598. The largest absolute Gasteiger partial charge is 0.415 e. The van der Waals surface area contributed by atoms with Crippen LogP contribution in [0.1, 0.15) is 17.9 Å². The SMILES string of the molecule is OC(O)(Br)c1ccc(-c2nnc(C(F)F)o2)cc1F. The van der Waals surface area contributed by atoms with Gasteiger partial charge in [0.2, 0.25) is 5.89 Å². The van der Waals surface area contributed by atoms with Crippen LogP contribution in [0.3, 0.4) is 0 Å². The van der Waals surface area contributed by atoms with E-state index >= 15 is 0 Å². The van der Waals surface area contributed by atoms with Crippen molar-refractivity contribution >= 4 is 15.9 Å². The van der Waals surface area contributed by atoms with Crippen LogP contribution in [0.4, 0.5) is 13.2 Å². The smallest absolute Gasteiger partial charge is 0.314 e. The second-order valence-corrected chi connectivity index (χ2v) is 4.63. The van der Waals surface area contributed by atoms with Gasteiger partial charge in [0.15, 0.2) is 0 Å². The predicted octanol–water partition coefficient (Wildman–Crippen LogP) is 2.30. The Morgan fingerprint density at radius 3 is 2.42 bits per heavy atom. The second-order valence-electron chi connectivity index (χ2n) is 3.53. The molecule has 1 aromatic carbocycles. The monoisotopic (exact) mass is 338 g/mol. The number of aliphatic hydroxyl groups is 2. The lowest BCUT2D eigenvalue weighted by Gasteiger charge is -2.14. The number of nitrogens with zero attached hydrogens (tertiary/aromatic N) is 2. The molecule has 2 aromatic rings. The van der Waals surface area contributed by atoms with E-state index in [1.54, 1.807) is 0 Å². The molecule has 2 N–H and O–H groups in total. The zero-order chi connectivity index (χ0) is 14.2. The molecule has 1 heterocycles. The van der Waals surface area contributed by atoms with E-state index in [0.29, 0.717) is 0 Å². The summed E-state index contributed by atoms with van der Waals surface area (Å²) in [5.74, 6) is -2.15. The van der Waals surface area contributed by atoms with Crippen molar-refractivity contribution in [2.24, 2.45) is 0 Å². The third kappa shape index (κ3) is 2.94. The molecule has 0 unspecified atom stereocenters. The van der Waals surface area contributed by atoms with Gasteiger partial charge in [-0.25, -0.2) is 4.39 Å². The van der Waals surface area contributed by atoms with Gasteiger partial charge in [-0.1, -0.05) is 0 Å². The zero-order valence-electron chi connectivity index (χ0n) is 9.02. The van der Waals surface area contributed by atoms with Crippen molar-refractivity contribution in [2.75, 3.05) is 0 Å². The Morgan fingerprint density at radius 1 is 1.26 bits per heavy atom. The Kier molecular flexibility index (Phi) is 3.61. The second kappa shape index (κ2) is 4.91. The summed E-state index contributed by atoms with van der Waals surface area (Å²) in [6, 6.07) is 3.13. The molecule has 0 spiro atoms. The van der Waals surface area contributed by atoms with Crippen LogP contribution in [-0.2, 0) is 4.70 Å². The van der Waals surface area contributed by atoms with Gasteiger partial charge >= 0.3 is 6.43 Å². The summed E-state index contributed by atoms with van der Waals surface area (Å²) < 4.78 is 40.2. The molecule has 0 radical (unpaired) electrons. The maximum atomic E-state index is 13.6. The first-order valence-electron chi connectivity index (χ1n) is 4.84. The van der Waals surface area contributed by atoms with Gasteiger partial charge in [0.05, 0.1) is 5.56 Å². The van der Waals surface area contributed by atoms with Gasteiger partial charge in [-0.05, 0) is 34.1 Å². The maximum absolute atomic E-state index is 13.6. The number of halogens is 4. The van der Waals surface area contributed by atoms with Crippen molar-refractivity contribution in [3.8, 4) is 11.5 Å². The fraction of sp³-hybridized carbons (Fsp3) is 0.200. The summed E-state index contributed by atoms with van der Waals surface area (Å²) in [5, 5.41) is 24.8. The van der Waals surface area contributed by atoms with Crippen molar-refractivity contribution in [3.05, 3.63) is 35.5 Å². The number of benzene rings is 1. The first kappa shape index (κ1) is 14.0. The molecule has 0 aliphatic rings. The molecule has 102 valence electrons. The predicted molar refractivity (Wildman–Crippen MR) is 59.7 cm³/mol. The Morgan fingerprint density at radius 2 is 1.95 bits per heavy atom. The number of hydrogen-bond acceptors (Lipinski definition) is 5.